The van der Waals surface area contributed by atoms with E-state index in [1.807, 2.05) is 37.3 Å². The van der Waals surface area contributed by atoms with Crippen molar-refractivity contribution < 1.29 is 17.9 Å². The summed E-state index contributed by atoms with van der Waals surface area (Å²) in [5.41, 5.74) is 1.91. The number of rotatable bonds is 5. The molecule has 0 aliphatic carbocycles. The van der Waals surface area contributed by atoms with E-state index >= 15 is 0 Å². The number of cyclic esters (lactones) is 1. The van der Waals surface area contributed by atoms with Crippen LogP contribution >= 0.6 is 0 Å². The summed E-state index contributed by atoms with van der Waals surface area (Å²) in [6.07, 6.45) is 2.84. The van der Waals surface area contributed by atoms with Crippen molar-refractivity contribution in [1.82, 2.24) is 14.3 Å². The highest BCUT2D eigenvalue weighted by atomic mass is 32.2. The molecule has 30 heavy (non-hydrogen) atoms. The minimum atomic E-state index is -3.18. The number of sulfonamides is 1. The van der Waals surface area contributed by atoms with Crippen molar-refractivity contribution in [2.24, 2.45) is 0 Å². The molecule has 0 spiro atoms. The summed E-state index contributed by atoms with van der Waals surface area (Å²) >= 11 is 0. The molecule has 2 fully saturated rings. The molecule has 9 heteroatoms. The van der Waals surface area contributed by atoms with Gasteiger partial charge >= 0.3 is 6.09 Å². The van der Waals surface area contributed by atoms with E-state index in [0.717, 1.165) is 11.3 Å². The zero-order chi connectivity index (χ0) is 21.3. The molecule has 1 aromatic heterocycles. The monoisotopic (exact) mass is 430 g/mol. The molecular weight excluding hydrogens is 404 g/mol. The molecule has 0 unspecified atom stereocenters. The smallest absolute Gasteiger partial charge is 0.415 e. The van der Waals surface area contributed by atoms with Crippen molar-refractivity contribution in [3.05, 3.63) is 53.5 Å². The summed E-state index contributed by atoms with van der Waals surface area (Å²) in [7, 11) is -3.18. The highest BCUT2D eigenvalue weighted by molar-refractivity contribution is 7.88. The Bertz CT molecular complexity index is 1020. The fourth-order valence-electron chi connectivity index (χ4n) is 4.10. The van der Waals surface area contributed by atoms with Crippen LogP contribution < -0.4 is 4.90 Å². The topological polar surface area (TPSA) is 92.7 Å². The van der Waals surface area contributed by atoms with Gasteiger partial charge in [0.25, 0.3) is 0 Å². The van der Waals surface area contributed by atoms with Crippen LogP contribution in [0.25, 0.3) is 0 Å². The average Bonchev–Trinajstić information content (AvgIpc) is 3.08. The Labute approximate surface area is 176 Å². The number of hydrogen-bond donors (Lipinski definition) is 0. The number of carbonyl (C=O) groups excluding carboxylic acids is 1. The number of hydrogen-bond acceptors (Lipinski definition) is 6. The van der Waals surface area contributed by atoms with Gasteiger partial charge in [0.05, 0.1) is 12.3 Å². The van der Waals surface area contributed by atoms with Gasteiger partial charge in [0.1, 0.15) is 18.2 Å². The molecule has 1 aromatic carbocycles. The van der Waals surface area contributed by atoms with Gasteiger partial charge in [-0.25, -0.2) is 27.5 Å². The van der Waals surface area contributed by atoms with Gasteiger partial charge < -0.3 is 4.74 Å². The van der Waals surface area contributed by atoms with Crippen LogP contribution in [0.1, 0.15) is 35.8 Å². The summed E-state index contributed by atoms with van der Waals surface area (Å²) < 4.78 is 30.4. The third-order valence-electron chi connectivity index (χ3n) is 5.67. The molecule has 1 atom stereocenters. The second-order valence-corrected chi connectivity index (χ2v) is 9.93. The first-order chi connectivity index (χ1) is 14.3. The van der Waals surface area contributed by atoms with E-state index in [1.165, 1.54) is 10.6 Å². The molecule has 0 N–H and O–H groups in total. The Morgan fingerprint density at radius 2 is 1.83 bits per heavy atom. The standard InChI is InChI=1S/C21H26N4O4S/c1-15-12-19(23-20(22-15)17-8-10-24(11-9-17)30(2,27)28)25-18(14-29-21(25)26)13-16-6-4-3-5-7-16/h3-7,12,17-18H,8-11,13-14H2,1-2H3/t18-/m0/s1. The lowest BCUT2D eigenvalue weighted by Gasteiger charge is -2.30. The summed E-state index contributed by atoms with van der Waals surface area (Å²) in [4.78, 5) is 23.4. The number of carbonyl (C=O) groups is 1. The van der Waals surface area contributed by atoms with Crippen molar-refractivity contribution >= 4 is 21.9 Å². The molecule has 2 aliphatic rings. The van der Waals surface area contributed by atoms with Crippen LogP contribution in [-0.4, -0.2) is 60.8 Å². The van der Waals surface area contributed by atoms with Gasteiger partial charge in [0.15, 0.2) is 0 Å². The molecular formula is C21H26N4O4S. The molecule has 160 valence electrons. The van der Waals surface area contributed by atoms with Gasteiger partial charge in [-0.1, -0.05) is 30.3 Å². The SMILES string of the molecule is Cc1cc(N2C(=O)OC[C@@H]2Cc2ccccc2)nc(C2CCN(S(C)(=O)=O)CC2)n1. The summed E-state index contributed by atoms with van der Waals surface area (Å²) in [6.45, 7) is 3.11. The van der Waals surface area contributed by atoms with Gasteiger partial charge in [0, 0.05) is 30.8 Å². The lowest BCUT2D eigenvalue weighted by molar-refractivity contribution is 0.178. The van der Waals surface area contributed by atoms with Crippen molar-refractivity contribution in [3.63, 3.8) is 0 Å². The van der Waals surface area contributed by atoms with Crippen molar-refractivity contribution in [2.45, 2.75) is 38.1 Å². The molecule has 1 amide bonds. The third kappa shape index (κ3) is 4.46. The predicted octanol–water partition coefficient (Wildman–Crippen LogP) is 2.49. The van der Waals surface area contributed by atoms with E-state index in [4.69, 9.17) is 9.72 Å². The first kappa shape index (κ1) is 20.7. The molecule has 2 saturated heterocycles. The second kappa shape index (κ2) is 8.31. The Morgan fingerprint density at radius 3 is 2.50 bits per heavy atom. The van der Waals surface area contributed by atoms with Crippen LogP contribution in [0, 0.1) is 6.92 Å². The Morgan fingerprint density at radius 1 is 1.13 bits per heavy atom. The van der Waals surface area contributed by atoms with E-state index in [1.54, 1.807) is 11.0 Å². The number of amides is 1. The van der Waals surface area contributed by atoms with E-state index < -0.39 is 16.1 Å². The van der Waals surface area contributed by atoms with Crippen LogP contribution in [0.4, 0.5) is 10.6 Å². The zero-order valence-electron chi connectivity index (χ0n) is 17.2. The minimum Gasteiger partial charge on any atom is -0.447 e. The number of nitrogens with zero attached hydrogens (tertiary/aromatic N) is 4. The van der Waals surface area contributed by atoms with E-state index in [2.05, 4.69) is 4.98 Å². The number of ether oxygens (including phenoxy) is 1. The maximum Gasteiger partial charge on any atom is 0.415 e. The lowest BCUT2D eigenvalue weighted by Crippen LogP contribution is -2.38. The van der Waals surface area contributed by atoms with Crippen LogP contribution in [0.15, 0.2) is 36.4 Å². The minimum absolute atomic E-state index is 0.0628. The van der Waals surface area contributed by atoms with Gasteiger partial charge in [-0.3, -0.25) is 4.90 Å². The first-order valence-corrected chi connectivity index (χ1v) is 12.0. The quantitative estimate of drug-likeness (QED) is 0.724. The van der Waals surface area contributed by atoms with Crippen LogP contribution in [0.3, 0.4) is 0 Å². The average molecular weight is 431 g/mol. The van der Waals surface area contributed by atoms with Crippen molar-refractivity contribution in [1.29, 1.82) is 0 Å². The van der Waals surface area contributed by atoms with Crippen molar-refractivity contribution in [3.8, 4) is 0 Å². The highest BCUT2D eigenvalue weighted by Crippen LogP contribution is 2.30. The Kier molecular flexibility index (Phi) is 5.75. The largest absolute Gasteiger partial charge is 0.447 e. The lowest BCUT2D eigenvalue weighted by atomic mass is 9.97. The first-order valence-electron chi connectivity index (χ1n) is 10.1. The normalized spacial score (nSPS) is 21.1. The van der Waals surface area contributed by atoms with Gasteiger partial charge in [0.2, 0.25) is 10.0 Å². The van der Waals surface area contributed by atoms with E-state index in [0.29, 0.717) is 50.6 Å². The second-order valence-electron chi connectivity index (χ2n) is 7.95. The number of aryl methyl sites for hydroxylation is 1. The third-order valence-corrected chi connectivity index (χ3v) is 6.97. The predicted molar refractivity (Wildman–Crippen MR) is 113 cm³/mol. The maximum atomic E-state index is 12.5. The summed E-state index contributed by atoms with van der Waals surface area (Å²) in [5.74, 6) is 1.27. The van der Waals surface area contributed by atoms with Gasteiger partial charge in [-0.05, 0) is 31.7 Å². The highest BCUT2D eigenvalue weighted by Gasteiger charge is 2.36. The van der Waals surface area contributed by atoms with Crippen molar-refractivity contribution in [2.75, 3.05) is 30.9 Å². The van der Waals surface area contributed by atoms with E-state index in [-0.39, 0.29) is 12.0 Å². The van der Waals surface area contributed by atoms with Crippen LogP contribution in [0.5, 0.6) is 0 Å². The molecule has 4 rings (SSSR count). The number of aromatic nitrogens is 2. The molecule has 8 nitrogen and oxygen atoms in total. The fourth-order valence-corrected chi connectivity index (χ4v) is 4.98. The maximum absolute atomic E-state index is 12.5. The molecule has 2 aliphatic heterocycles. The molecule has 0 bridgehead atoms. The van der Waals surface area contributed by atoms with Gasteiger partial charge in [-0.2, -0.15) is 0 Å². The molecule has 0 radical (unpaired) electrons. The summed E-state index contributed by atoms with van der Waals surface area (Å²) in [5, 5.41) is 0. The van der Waals surface area contributed by atoms with Crippen LogP contribution in [-0.2, 0) is 21.2 Å². The van der Waals surface area contributed by atoms with Crippen LogP contribution in [0.2, 0.25) is 0 Å². The zero-order valence-corrected chi connectivity index (χ0v) is 18.0. The van der Waals surface area contributed by atoms with Gasteiger partial charge in [-0.15, -0.1) is 0 Å². The summed E-state index contributed by atoms with van der Waals surface area (Å²) in [6, 6.07) is 11.7. The van der Waals surface area contributed by atoms with E-state index in [9.17, 15) is 13.2 Å². The number of piperidine rings is 1. The Hall–Kier alpha value is -2.52. The number of anilines is 1. The Balaban J connectivity index is 1.55. The molecule has 3 heterocycles. The molecule has 2 aromatic rings. The molecule has 0 saturated carbocycles. The fraction of sp³-hybridized carbons (Fsp3) is 0.476. The number of benzene rings is 1.